The second-order valence-corrected chi connectivity index (χ2v) is 7.75. The lowest BCUT2D eigenvalue weighted by Crippen LogP contribution is -2.33. The molecule has 0 spiro atoms. The highest BCUT2D eigenvalue weighted by Crippen LogP contribution is 2.43. The van der Waals surface area contributed by atoms with E-state index in [1.54, 1.807) is 41.2 Å². The maximum Gasteiger partial charge on any atom is 0.259 e. The van der Waals surface area contributed by atoms with Crippen LogP contribution in [0, 0.1) is 18.3 Å². The molecule has 8 heteroatoms. The zero-order valence-electron chi connectivity index (χ0n) is 15.9. The number of benzene rings is 1. The fraction of sp³-hybridized carbons (Fsp3) is 0.136. The monoisotopic (exact) mass is 438 g/mol. The van der Waals surface area contributed by atoms with Crippen LogP contribution < -0.4 is 16.0 Å². The number of rotatable bonds is 3. The predicted octanol–water partition coefficient (Wildman–Crippen LogP) is 4.13. The molecule has 0 saturated heterocycles. The summed E-state index contributed by atoms with van der Waals surface area (Å²) in [4.78, 5) is 17.7. The van der Waals surface area contributed by atoms with Crippen molar-refractivity contribution < 1.29 is 4.74 Å². The summed E-state index contributed by atoms with van der Waals surface area (Å²) in [5.41, 5.74) is 8.28. The summed E-state index contributed by atoms with van der Waals surface area (Å²) >= 11 is 12.5. The Balaban J connectivity index is 1.96. The highest BCUT2D eigenvalue weighted by Gasteiger charge is 2.35. The summed E-state index contributed by atoms with van der Waals surface area (Å²) in [6.07, 6.45) is 3.37. The lowest BCUT2D eigenvalue weighted by Gasteiger charge is -2.28. The van der Waals surface area contributed by atoms with Crippen LogP contribution in [0.3, 0.4) is 0 Å². The molecular formula is C22H16Cl2N4O2. The maximum atomic E-state index is 13.6. The van der Waals surface area contributed by atoms with Gasteiger partial charge in [-0.25, -0.2) is 0 Å². The minimum atomic E-state index is -0.767. The molecule has 2 aromatic heterocycles. The number of allylic oxidation sites excluding steroid dienone is 1. The van der Waals surface area contributed by atoms with Gasteiger partial charge in [0.05, 0.1) is 18.0 Å². The van der Waals surface area contributed by atoms with Crippen LogP contribution in [0.2, 0.25) is 10.0 Å². The standard InChI is InChI=1S/C22H16Cl2N4O2/c1-12-7-18-20(22(29)28(12)11-13-3-2-6-27-10-13)19(16(9-25)21(26)30-18)15-5-4-14(23)8-17(15)24/h2-8,10,19H,11,26H2,1H3. The molecule has 1 aliphatic heterocycles. The SMILES string of the molecule is Cc1cc2c(c(=O)n1Cc1cccnc1)C(c1ccc(Cl)cc1Cl)C(C#N)=C(N)O2. The van der Waals surface area contributed by atoms with Gasteiger partial charge in [-0.3, -0.25) is 9.78 Å². The first kappa shape index (κ1) is 20.0. The second-order valence-electron chi connectivity index (χ2n) is 6.91. The van der Waals surface area contributed by atoms with E-state index in [0.29, 0.717) is 39.2 Å². The van der Waals surface area contributed by atoms with Gasteiger partial charge in [0.2, 0.25) is 5.88 Å². The number of hydrogen-bond acceptors (Lipinski definition) is 5. The Hall–Kier alpha value is -3.27. The van der Waals surface area contributed by atoms with Crippen LogP contribution in [0.15, 0.2) is 65.0 Å². The van der Waals surface area contributed by atoms with E-state index in [1.807, 2.05) is 19.1 Å². The van der Waals surface area contributed by atoms with Gasteiger partial charge in [0.15, 0.2) is 0 Å². The molecule has 0 radical (unpaired) electrons. The molecule has 0 aliphatic carbocycles. The van der Waals surface area contributed by atoms with Crippen molar-refractivity contribution in [2.75, 3.05) is 0 Å². The third-order valence-electron chi connectivity index (χ3n) is 5.03. The lowest BCUT2D eigenvalue weighted by molar-refractivity contribution is 0.389. The minimum Gasteiger partial charge on any atom is -0.440 e. The number of nitrogens with zero attached hydrogens (tertiary/aromatic N) is 3. The number of halogens is 2. The van der Waals surface area contributed by atoms with E-state index < -0.39 is 5.92 Å². The Labute approximate surface area is 182 Å². The number of ether oxygens (including phenoxy) is 1. The van der Waals surface area contributed by atoms with Crippen molar-refractivity contribution in [3.05, 3.63) is 103 Å². The highest BCUT2D eigenvalue weighted by molar-refractivity contribution is 6.35. The quantitative estimate of drug-likeness (QED) is 0.663. The van der Waals surface area contributed by atoms with Crippen LogP contribution in [0.25, 0.3) is 0 Å². The van der Waals surface area contributed by atoms with Crippen molar-refractivity contribution in [1.82, 2.24) is 9.55 Å². The maximum absolute atomic E-state index is 13.6. The molecule has 3 aromatic rings. The molecule has 150 valence electrons. The smallest absolute Gasteiger partial charge is 0.259 e. The van der Waals surface area contributed by atoms with Gasteiger partial charge < -0.3 is 15.0 Å². The van der Waals surface area contributed by atoms with Gasteiger partial charge in [-0.1, -0.05) is 35.3 Å². The van der Waals surface area contributed by atoms with Gasteiger partial charge in [-0.2, -0.15) is 5.26 Å². The average molecular weight is 439 g/mol. The van der Waals surface area contributed by atoms with Crippen molar-refractivity contribution in [2.45, 2.75) is 19.4 Å². The highest BCUT2D eigenvalue weighted by atomic mass is 35.5. The van der Waals surface area contributed by atoms with Crippen LogP contribution in [-0.4, -0.2) is 9.55 Å². The first-order valence-electron chi connectivity index (χ1n) is 9.06. The number of fused-ring (bicyclic) bond motifs is 1. The lowest BCUT2D eigenvalue weighted by atomic mass is 9.84. The summed E-state index contributed by atoms with van der Waals surface area (Å²) in [6.45, 7) is 2.14. The molecule has 1 aromatic carbocycles. The first-order chi connectivity index (χ1) is 14.4. The normalized spacial score (nSPS) is 15.3. The van der Waals surface area contributed by atoms with Gasteiger partial charge in [-0.05, 0) is 36.2 Å². The van der Waals surface area contributed by atoms with Crippen molar-refractivity contribution in [3.63, 3.8) is 0 Å². The Kier molecular flexibility index (Phi) is 5.25. The molecule has 1 atom stereocenters. The van der Waals surface area contributed by atoms with Gasteiger partial charge in [0.25, 0.3) is 5.56 Å². The van der Waals surface area contributed by atoms with Crippen molar-refractivity contribution in [2.24, 2.45) is 5.73 Å². The Morgan fingerprint density at radius 2 is 2.10 bits per heavy atom. The van der Waals surface area contributed by atoms with E-state index in [-0.39, 0.29) is 17.0 Å². The number of aromatic nitrogens is 2. The van der Waals surface area contributed by atoms with Crippen LogP contribution >= 0.6 is 23.2 Å². The van der Waals surface area contributed by atoms with Gasteiger partial charge in [-0.15, -0.1) is 0 Å². The van der Waals surface area contributed by atoms with E-state index in [2.05, 4.69) is 11.1 Å². The zero-order chi connectivity index (χ0) is 21.4. The molecule has 6 nitrogen and oxygen atoms in total. The number of nitriles is 1. The van der Waals surface area contributed by atoms with Gasteiger partial charge >= 0.3 is 0 Å². The van der Waals surface area contributed by atoms with Gasteiger partial charge in [0, 0.05) is 34.2 Å². The molecule has 2 N–H and O–H groups in total. The number of hydrogen-bond donors (Lipinski definition) is 1. The summed E-state index contributed by atoms with van der Waals surface area (Å²) in [5.74, 6) is -0.506. The van der Waals surface area contributed by atoms with Crippen LogP contribution in [0.1, 0.15) is 28.3 Å². The van der Waals surface area contributed by atoms with E-state index in [0.717, 1.165) is 5.56 Å². The van der Waals surface area contributed by atoms with E-state index >= 15 is 0 Å². The Morgan fingerprint density at radius 3 is 2.77 bits per heavy atom. The number of aryl methyl sites for hydroxylation is 1. The molecule has 0 saturated carbocycles. The fourth-order valence-corrected chi connectivity index (χ4v) is 4.12. The van der Waals surface area contributed by atoms with Crippen molar-refractivity contribution in [3.8, 4) is 11.8 Å². The van der Waals surface area contributed by atoms with Crippen LogP contribution in [0.4, 0.5) is 0 Å². The van der Waals surface area contributed by atoms with Crippen LogP contribution in [-0.2, 0) is 6.54 Å². The predicted molar refractivity (Wildman–Crippen MR) is 115 cm³/mol. The van der Waals surface area contributed by atoms with E-state index in [4.69, 9.17) is 33.7 Å². The molecule has 0 fully saturated rings. The molecule has 1 unspecified atom stereocenters. The average Bonchev–Trinajstić information content (AvgIpc) is 2.71. The molecule has 0 bridgehead atoms. The molecular weight excluding hydrogens is 423 g/mol. The molecule has 30 heavy (non-hydrogen) atoms. The third kappa shape index (κ3) is 3.43. The van der Waals surface area contributed by atoms with Crippen LogP contribution in [0.5, 0.6) is 5.75 Å². The first-order valence-corrected chi connectivity index (χ1v) is 9.82. The number of pyridine rings is 2. The summed E-state index contributed by atoms with van der Waals surface area (Å²) in [5, 5.41) is 10.5. The van der Waals surface area contributed by atoms with Gasteiger partial charge in [0.1, 0.15) is 17.4 Å². The largest absolute Gasteiger partial charge is 0.440 e. The molecule has 4 rings (SSSR count). The second kappa shape index (κ2) is 7.86. The Bertz CT molecular complexity index is 1280. The topological polar surface area (TPSA) is 93.9 Å². The molecule has 0 amide bonds. The minimum absolute atomic E-state index is 0.0511. The summed E-state index contributed by atoms with van der Waals surface area (Å²) in [6, 6.07) is 12.4. The molecule has 3 heterocycles. The molecule has 1 aliphatic rings. The zero-order valence-corrected chi connectivity index (χ0v) is 17.4. The van der Waals surface area contributed by atoms with Crippen molar-refractivity contribution >= 4 is 23.2 Å². The summed E-state index contributed by atoms with van der Waals surface area (Å²) < 4.78 is 7.28. The summed E-state index contributed by atoms with van der Waals surface area (Å²) in [7, 11) is 0. The van der Waals surface area contributed by atoms with Crippen molar-refractivity contribution in [1.29, 1.82) is 5.26 Å². The van der Waals surface area contributed by atoms with E-state index in [1.165, 1.54) is 0 Å². The number of nitrogens with two attached hydrogens (primary N) is 1. The third-order valence-corrected chi connectivity index (χ3v) is 5.59. The van der Waals surface area contributed by atoms with E-state index in [9.17, 15) is 10.1 Å². The Morgan fingerprint density at radius 1 is 1.30 bits per heavy atom. The fourth-order valence-electron chi connectivity index (χ4n) is 3.60.